The van der Waals surface area contributed by atoms with E-state index in [0.717, 1.165) is 38.3 Å². The second-order valence-electron chi connectivity index (χ2n) is 9.01. The van der Waals surface area contributed by atoms with E-state index in [1.165, 1.54) is 0 Å². The van der Waals surface area contributed by atoms with Gasteiger partial charge < -0.3 is 20.0 Å². The number of benzene rings is 2. The van der Waals surface area contributed by atoms with Gasteiger partial charge in [-0.2, -0.15) is 0 Å². The van der Waals surface area contributed by atoms with Crippen LogP contribution in [-0.4, -0.2) is 27.4 Å². The number of nitrogens with one attached hydrogen (secondary N) is 2. The number of aryl methyl sites for hydroxylation is 2. The third-order valence-electron chi connectivity index (χ3n) is 6.30. The predicted molar refractivity (Wildman–Crippen MR) is 151 cm³/mol. The maximum atomic E-state index is 12.9. The fourth-order valence-corrected chi connectivity index (χ4v) is 5.54. The molecule has 5 rings (SSSR count). The molecule has 0 spiro atoms. The highest BCUT2D eigenvalue weighted by molar-refractivity contribution is 7.99. The topological polar surface area (TPSA) is 70.4 Å². The lowest BCUT2D eigenvalue weighted by Gasteiger charge is -2.25. The van der Waals surface area contributed by atoms with Crippen molar-refractivity contribution in [3.05, 3.63) is 108 Å². The number of rotatable bonds is 8. The van der Waals surface area contributed by atoms with E-state index in [1.807, 2.05) is 85.5 Å². The summed E-state index contributed by atoms with van der Waals surface area (Å²) in [5.41, 5.74) is 3.84. The monoisotopic (exact) mass is 528 g/mol. The quantitative estimate of drug-likeness (QED) is 0.255. The van der Waals surface area contributed by atoms with Crippen molar-refractivity contribution < 1.29 is 9.21 Å². The van der Waals surface area contributed by atoms with E-state index < -0.39 is 0 Å². The molecule has 37 heavy (non-hydrogen) atoms. The summed E-state index contributed by atoms with van der Waals surface area (Å²) >= 11 is 7.30. The third-order valence-corrected chi connectivity index (χ3v) is 7.58. The van der Waals surface area contributed by atoms with Crippen LogP contribution in [-0.2, 0) is 4.79 Å². The molecule has 1 aliphatic heterocycles. The average Bonchev–Trinajstić information content (AvgIpc) is 3.49. The number of carbonyl (C=O) groups excluding carboxylic acids is 1. The zero-order chi connectivity index (χ0) is 25.8. The van der Waals surface area contributed by atoms with Crippen molar-refractivity contribution in [2.24, 2.45) is 0 Å². The molecule has 0 saturated carbocycles. The molecule has 1 aliphatic rings. The average molecular weight is 529 g/mol. The fourth-order valence-electron chi connectivity index (χ4n) is 4.41. The molecular weight excluding hydrogens is 500 g/mol. The lowest BCUT2D eigenvalue weighted by molar-refractivity contribution is -0.116. The molecule has 2 N–H and O–H groups in total. The largest absolute Gasteiger partial charge is 0.452 e. The van der Waals surface area contributed by atoms with E-state index >= 15 is 0 Å². The van der Waals surface area contributed by atoms with Crippen molar-refractivity contribution in [1.82, 2.24) is 15.2 Å². The molecule has 0 radical (unpaired) electrons. The van der Waals surface area contributed by atoms with Gasteiger partial charge in [0.05, 0.1) is 11.7 Å². The number of amides is 1. The molecule has 0 aliphatic carbocycles. The first kappa shape index (κ1) is 25.0. The van der Waals surface area contributed by atoms with E-state index in [2.05, 4.69) is 27.8 Å². The summed E-state index contributed by atoms with van der Waals surface area (Å²) in [5.74, 6) is 0.715. The molecule has 4 aromatic rings. The first-order valence-electron chi connectivity index (χ1n) is 12.2. The Morgan fingerprint density at radius 3 is 2.68 bits per heavy atom. The van der Waals surface area contributed by atoms with Crippen LogP contribution in [0.1, 0.15) is 41.1 Å². The molecule has 8 heteroatoms. The SMILES string of the molecule is Cc1ccc(C)c(NC(=O)CCN2C(=S)N[C@H](c3ccccn3)[C@@H]2c2ccc(Sc3ccccc3)o2)c1. The molecule has 1 amide bonds. The van der Waals surface area contributed by atoms with Crippen LogP contribution in [0.3, 0.4) is 0 Å². The molecule has 2 atom stereocenters. The van der Waals surface area contributed by atoms with Gasteiger partial charge in [0.15, 0.2) is 10.2 Å². The number of hydrogen-bond acceptors (Lipinski definition) is 5. The molecule has 2 aromatic carbocycles. The van der Waals surface area contributed by atoms with E-state index in [9.17, 15) is 4.79 Å². The van der Waals surface area contributed by atoms with Crippen LogP contribution in [0, 0.1) is 13.8 Å². The van der Waals surface area contributed by atoms with Crippen LogP contribution < -0.4 is 10.6 Å². The zero-order valence-electron chi connectivity index (χ0n) is 20.7. The van der Waals surface area contributed by atoms with Crippen molar-refractivity contribution in [3.8, 4) is 0 Å². The Balaban J connectivity index is 1.36. The Morgan fingerprint density at radius 1 is 1.08 bits per heavy atom. The van der Waals surface area contributed by atoms with Gasteiger partial charge in [-0.15, -0.1) is 0 Å². The van der Waals surface area contributed by atoms with Gasteiger partial charge >= 0.3 is 0 Å². The lowest BCUT2D eigenvalue weighted by Crippen LogP contribution is -2.32. The standard InChI is InChI=1S/C29H28N4O2S2/c1-19-11-12-20(2)23(18-19)31-25(34)15-17-33-28(27(32-29(33)36)22-10-6-7-16-30-22)24-13-14-26(35-24)37-21-8-4-3-5-9-21/h3-14,16,18,27-28H,15,17H2,1-2H3,(H,31,34)(H,32,36)/t27-,28+/m1/s1. The highest BCUT2D eigenvalue weighted by Crippen LogP contribution is 2.41. The van der Waals surface area contributed by atoms with Crippen LogP contribution in [0.4, 0.5) is 5.69 Å². The minimum atomic E-state index is -0.235. The van der Waals surface area contributed by atoms with E-state index in [1.54, 1.807) is 18.0 Å². The van der Waals surface area contributed by atoms with Gasteiger partial charge in [-0.1, -0.05) is 48.2 Å². The van der Waals surface area contributed by atoms with Crippen molar-refractivity contribution in [3.63, 3.8) is 0 Å². The molecule has 0 unspecified atom stereocenters. The summed E-state index contributed by atoms with van der Waals surface area (Å²) in [6.45, 7) is 4.45. The van der Waals surface area contributed by atoms with Crippen molar-refractivity contribution in [2.45, 2.75) is 42.3 Å². The molecule has 1 saturated heterocycles. The van der Waals surface area contributed by atoms with Crippen LogP contribution in [0.2, 0.25) is 0 Å². The summed E-state index contributed by atoms with van der Waals surface area (Å²) in [7, 11) is 0. The molecule has 0 bridgehead atoms. The van der Waals surface area contributed by atoms with E-state index in [4.69, 9.17) is 16.6 Å². The zero-order valence-corrected chi connectivity index (χ0v) is 22.3. The van der Waals surface area contributed by atoms with E-state index in [0.29, 0.717) is 11.7 Å². The number of furan rings is 1. The first-order valence-corrected chi connectivity index (χ1v) is 13.4. The summed E-state index contributed by atoms with van der Waals surface area (Å²) < 4.78 is 6.33. The summed E-state index contributed by atoms with van der Waals surface area (Å²) in [4.78, 5) is 20.6. The van der Waals surface area contributed by atoms with E-state index in [-0.39, 0.29) is 24.4 Å². The second-order valence-corrected chi connectivity index (χ2v) is 10.5. The molecular formula is C29H28N4O2S2. The number of carbonyl (C=O) groups is 1. The van der Waals surface area contributed by atoms with Crippen LogP contribution in [0.15, 0.2) is 99.5 Å². The lowest BCUT2D eigenvalue weighted by atomic mass is 10.0. The predicted octanol–water partition coefficient (Wildman–Crippen LogP) is 6.44. The van der Waals surface area contributed by atoms with Crippen molar-refractivity contribution >= 4 is 40.7 Å². The Hall–Kier alpha value is -3.62. The Morgan fingerprint density at radius 2 is 1.89 bits per heavy atom. The van der Waals surface area contributed by atoms with Gasteiger partial charge in [0.2, 0.25) is 5.91 Å². The maximum absolute atomic E-state index is 12.9. The highest BCUT2D eigenvalue weighted by Gasteiger charge is 2.41. The number of hydrogen-bond donors (Lipinski definition) is 2. The Bertz CT molecular complexity index is 1390. The number of anilines is 1. The van der Waals surface area contributed by atoms with Crippen molar-refractivity contribution in [2.75, 3.05) is 11.9 Å². The van der Waals surface area contributed by atoms with Crippen LogP contribution in [0.5, 0.6) is 0 Å². The van der Waals surface area contributed by atoms with Gasteiger partial charge in [-0.3, -0.25) is 9.78 Å². The number of nitrogens with zero attached hydrogens (tertiary/aromatic N) is 2. The maximum Gasteiger partial charge on any atom is 0.226 e. The van der Waals surface area contributed by atoms with Gasteiger partial charge in [0, 0.05) is 29.7 Å². The Labute approximate surface area is 226 Å². The summed E-state index contributed by atoms with van der Waals surface area (Å²) in [6.07, 6.45) is 2.06. The van der Waals surface area contributed by atoms with Crippen LogP contribution in [0.25, 0.3) is 0 Å². The summed E-state index contributed by atoms with van der Waals surface area (Å²) in [5, 5.41) is 7.84. The van der Waals surface area contributed by atoms with Crippen LogP contribution >= 0.6 is 24.0 Å². The van der Waals surface area contributed by atoms with Crippen molar-refractivity contribution in [1.29, 1.82) is 0 Å². The highest BCUT2D eigenvalue weighted by atomic mass is 32.2. The minimum absolute atomic E-state index is 0.0590. The number of thiocarbonyl (C=S) groups is 1. The number of aromatic nitrogens is 1. The smallest absolute Gasteiger partial charge is 0.226 e. The van der Waals surface area contributed by atoms with Gasteiger partial charge in [0.25, 0.3) is 0 Å². The fraction of sp³-hybridized carbons (Fsp3) is 0.207. The summed E-state index contributed by atoms with van der Waals surface area (Å²) in [6, 6.07) is 25.5. The Kier molecular flexibility index (Phi) is 7.58. The molecule has 1 fully saturated rings. The third kappa shape index (κ3) is 5.87. The normalized spacial score (nSPS) is 17.0. The number of pyridine rings is 1. The van der Waals surface area contributed by atoms with Gasteiger partial charge in [-0.05, 0) is 79.7 Å². The first-order chi connectivity index (χ1) is 18.0. The second kappa shape index (κ2) is 11.2. The molecule has 6 nitrogen and oxygen atoms in total. The van der Waals surface area contributed by atoms with Gasteiger partial charge in [0.1, 0.15) is 11.8 Å². The minimum Gasteiger partial charge on any atom is -0.452 e. The molecule has 3 heterocycles. The van der Waals surface area contributed by atoms with Gasteiger partial charge in [-0.25, -0.2) is 0 Å². The molecule has 2 aromatic heterocycles. The molecule has 188 valence electrons.